The van der Waals surface area contributed by atoms with Crippen molar-refractivity contribution in [2.45, 2.75) is 85.1 Å². The highest BCUT2D eigenvalue weighted by molar-refractivity contribution is 4.83. The molecule has 0 saturated heterocycles. The van der Waals surface area contributed by atoms with Crippen molar-refractivity contribution >= 4 is 0 Å². The van der Waals surface area contributed by atoms with Gasteiger partial charge in [-0.05, 0) is 37.1 Å². The molecule has 102 valence electrons. The van der Waals surface area contributed by atoms with Crippen LogP contribution in [0.3, 0.4) is 0 Å². The van der Waals surface area contributed by atoms with Crippen molar-refractivity contribution in [2.75, 3.05) is 6.54 Å². The molecule has 0 aromatic carbocycles. The molecule has 1 nitrogen and oxygen atoms in total. The summed E-state index contributed by atoms with van der Waals surface area (Å²) in [6.07, 6.45) is 11.5. The van der Waals surface area contributed by atoms with Gasteiger partial charge in [0, 0.05) is 6.04 Å². The highest BCUT2D eigenvalue weighted by Crippen LogP contribution is 2.32. The summed E-state index contributed by atoms with van der Waals surface area (Å²) in [7, 11) is 0. The van der Waals surface area contributed by atoms with Crippen molar-refractivity contribution < 1.29 is 0 Å². The maximum absolute atomic E-state index is 3.71. The molecule has 1 saturated carbocycles. The lowest BCUT2D eigenvalue weighted by molar-refractivity contribution is 0.202. The van der Waals surface area contributed by atoms with Gasteiger partial charge < -0.3 is 5.32 Å². The van der Waals surface area contributed by atoms with E-state index in [4.69, 9.17) is 0 Å². The van der Waals surface area contributed by atoms with Gasteiger partial charge in [0.1, 0.15) is 0 Å². The van der Waals surface area contributed by atoms with E-state index in [1.807, 2.05) is 0 Å². The van der Waals surface area contributed by atoms with E-state index in [-0.39, 0.29) is 0 Å². The van der Waals surface area contributed by atoms with Crippen LogP contribution in [0.2, 0.25) is 0 Å². The molecule has 0 bridgehead atoms. The first kappa shape index (κ1) is 15.0. The average molecular weight is 239 g/mol. The number of nitrogens with one attached hydrogen (secondary N) is 1. The zero-order valence-electron chi connectivity index (χ0n) is 12.5. The second-order valence-electron chi connectivity index (χ2n) is 6.53. The first-order valence-corrected chi connectivity index (χ1v) is 7.83. The molecule has 0 radical (unpaired) electrons. The Morgan fingerprint density at radius 3 is 2.29 bits per heavy atom. The summed E-state index contributed by atoms with van der Waals surface area (Å²) >= 11 is 0. The van der Waals surface area contributed by atoms with E-state index in [1.54, 1.807) is 0 Å². The summed E-state index contributed by atoms with van der Waals surface area (Å²) in [5.41, 5.74) is 0.449. The summed E-state index contributed by atoms with van der Waals surface area (Å²) in [6, 6.07) is 0.708. The Labute approximate surface area is 109 Å². The van der Waals surface area contributed by atoms with E-state index < -0.39 is 0 Å². The summed E-state index contributed by atoms with van der Waals surface area (Å²) in [5.74, 6) is 1.03. The van der Waals surface area contributed by atoms with Gasteiger partial charge in [0.05, 0.1) is 0 Å². The Bertz CT molecular complexity index is 192. The van der Waals surface area contributed by atoms with Crippen molar-refractivity contribution in [1.29, 1.82) is 0 Å². The van der Waals surface area contributed by atoms with Crippen molar-refractivity contribution in [1.82, 2.24) is 5.32 Å². The Hall–Kier alpha value is -0.0400. The largest absolute Gasteiger partial charge is 0.314 e. The maximum Gasteiger partial charge on any atom is 0.0118 e. The van der Waals surface area contributed by atoms with Gasteiger partial charge in [-0.15, -0.1) is 0 Å². The van der Waals surface area contributed by atoms with Gasteiger partial charge in [0.25, 0.3) is 0 Å². The molecule has 0 spiro atoms. The van der Waals surface area contributed by atoms with E-state index in [1.165, 1.54) is 51.4 Å². The van der Waals surface area contributed by atoms with Crippen LogP contribution in [0.4, 0.5) is 0 Å². The quantitative estimate of drug-likeness (QED) is 0.675. The second-order valence-corrected chi connectivity index (χ2v) is 6.53. The highest BCUT2D eigenvalue weighted by atomic mass is 14.9. The summed E-state index contributed by atoms with van der Waals surface area (Å²) < 4.78 is 0. The average Bonchev–Trinajstić information content (AvgIpc) is 2.35. The molecule has 1 atom stereocenters. The molecule has 0 aromatic rings. The molecule has 1 rings (SSSR count). The smallest absolute Gasteiger partial charge is 0.0118 e. The van der Waals surface area contributed by atoms with Gasteiger partial charge >= 0.3 is 0 Å². The van der Waals surface area contributed by atoms with E-state index in [0.717, 1.165) is 12.5 Å². The lowest BCUT2D eigenvalue weighted by Gasteiger charge is -2.35. The van der Waals surface area contributed by atoms with Crippen LogP contribution in [0.5, 0.6) is 0 Å². The van der Waals surface area contributed by atoms with Crippen LogP contribution in [0.15, 0.2) is 0 Å². The van der Waals surface area contributed by atoms with Crippen LogP contribution in [-0.4, -0.2) is 12.6 Å². The molecule has 1 unspecified atom stereocenters. The van der Waals surface area contributed by atoms with Crippen LogP contribution < -0.4 is 5.32 Å². The predicted molar refractivity (Wildman–Crippen MR) is 77.3 cm³/mol. The SMILES string of the molecule is CCNC(CCC1CCCCC1)C(C)(C)CC. The van der Waals surface area contributed by atoms with Crippen molar-refractivity contribution in [2.24, 2.45) is 11.3 Å². The van der Waals surface area contributed by atoms with E-state index in [2.05, 4.69) is 33.0 Å². The topological polar surface area (TPSA) is 12.0 Å². The Balaban J connectivity index is 2.37. The predicted octanol–water partition coefficient (Wildman–Crippen LogP) is 4.76. The van der Waals surface area contributed by atoms with Gasteiger partial charge in [0.2, 0.25) is 0 Å². The molecule has 1 fully saturated rings. The molecule has 0 aliphatic heterocycles. The second kappa shape index (κ2) is 7.41. The molecule has 1 aliphatic carbocycles. The Kier molecular flexibility index (Phi) is 6.54. The van der Waals surface area contributed by atoms with Crippen LogP contribution in [0.25, 0.3) is 0 Å². The van der Waals surface area contributed by atoms with Crippen molar-refractivity contribution in [3.8, 4) is 0 Å². The standard InChI is InChI=1S/C16H33N/c1-5-16(3,4)15(17-6-2)13-12-14-10-8-7-9-11-14/h14-15,17H,5-13H2,1-4H3. The molecule has 1 aliphatic rings. The number of hydrogen-bond acceptors (Lipinski definition) is 1. The third-order valence-electron chi connectivity index (χ3n) is 4.89. The molecule has 17 heavy (non-hydrogen) atoms. The fourth-order valence-corrected chi connectivity index (χ4v) is 3.14. The fraction of sp³-hybridized carbons (Fsp3) is 1.00. The normalized spacial score (nSPS) is 20.5. The number of hydrogen-bond donors (Lipinski definition) is 1. The van der Waals surface area contributed by atoms with Crippen molar-refractivity contribution in [3.05, 3.63) is 0 Å². The lowest BCUT2D eigenvalue weighted by atomic mass is 9.77. The first-order chi connectivity index (χ1) is 8.10. The molecule has 0 aromatic heterocycles. The van der Waals surface area contributed by atoms with E-state index >= 15 is 0 Å². The van der Waals surface area contributed by atoms with Crippen LogP contribution in [0, 0.1) is 11.3 Å². The Morgan fingerprint density at radius 1 is 1.12 bits per heavy atom. The van der Waals surface area contributed by atoms with Gasteiger partial charge in [-0.2, -0.15) is 0 Å². The van der Waals surface area contributed by atoms with Gasteiger partial charge in [-0.3, -0.25) is 0 Å². The van der Waals surface area contributed by atoms with E-state index in [0.29, 0.717) is 11.5 Å². The van der Waals surface area contributed by atoms with Crippen molar-refractivity contribution in [3.63, 3.8) is 0 Å². The van der Waals surface area contributed by atoms with Gasteiger partial charge in [-0.25, -0.2) is 0 Å². The van der Waals surface area contributed by atoms with Crippen LogP contribution in [0.1, 0.15) is 79.1 Å². The minimum absolute atomic E-state index is 0.449. The summed E-state index contributed by atoms with van der Waals surface area (Å²) in [6.45, 7) is 10.5. The summed E-state index contributed by atoms with van der Waals surface area (Å²) in [4.78, 5) is 0. The molecule has 1 N–H and O–H groups in total. The maximum atomic E-state index is 3.71. The van der Waals surface area contributed by atoms with E-state index in [9.17, 15) is 0 Å². The van der Waals surface area contributed by atoms with Gasteiger partial charge in [-0.1, -0.05) is 59.8 Å². The lowest BCUT2D eigenvalue weighted by Crippen LogP contribution is -2.41. The zero-order chi connectivity index (χ0) is 12.7. The molecule has 0 heterocycles. The van der Waals surface area contributed by atoms with Gasteiger partial charge in [0.15, 0.2) is 0 Å². The molecule has 1 heteroatoms. The molecule has 0 amide bonds. The first-order valence-electron chi connectivity index (χ1n) is 7.83. The minimum atomic E-state index is 0.449. The zero-order valence-corrected chi connectivity index (χ0v) is 12.5. The number of rotatable bonds is 7. The minimum Gasteiger partial charge on any atom is -0.314 e. The highest BCUT2D eigenvalue weighted by Gasteiger charge is 2.27. The monoisotopic (exact) mass is 239 g/mol. The molecular formula is C16H33N. The third kappa shape index (κ3) is 4.99. The fourth-order valence-electron chi connectivity index (χ4n) is 3.14. The molecular weight excluding hydrogens is 206 g/mol. The third-order valence-corrected chi connectivity index (χ3v) is 4.89. The van der Waals surface area contributed by atoms with Crippen LogP contribution >= 0.6 is 0 Å². The summed E-state index contributed by atoms with van der Waals surface area (Å²) in [5, 5.41) is 3.71. The Morgan fingerprint density at radius 2 is 1.76 bits per heavy atom. The van der Waals surface area contributed by atoms with Crippen LogP contribution in [-0.2, 0) is 0 Å².